The van der Waals surface area contributed by atoms with Crippen LogP contribution in [0.5, 0.6) is 5.75 Å². The van der Waals surface area contributed by atoms with Gasteiger partial charge in [-0.1, -0.05) is 12.1 Å². The van der Waals surface area contributed by atoms with Crippen molar-refractivity contribution in [2.75, 3.05) is 26.1 Å². The minimum absolute atomic E-state index is 0.397. The Morgan fingerprint density at radius 1 is 1.20 bits per heavy atom. The molecule has 0 bridgehead atoms. The minimum atomic E-state index is 0.397. The molecule has 0 atom stereocenters. The number of anilines is 1. The van der Waals surface area contributed by atoms with Gasteiger partial charge in [0.15, 0.2) is 5.82 Å². The molecule has 2 aromatic rings. The van der Waals surface area contributed by atoms with Gasteiger partial charge in [0.1, 0.15) is 18.2 Å². The van der Waals surface area contributed by atoms with E-state index in [-0.39, 0.29) is 0 Å². The van der Waals surface area contributed by atoms with Crippen LogP contribution in [0.3, 0.4) is 0 Å². The Balaban J connectivity index is 2.44. The number of para-hydroxylation sites is 1. The summed E-state index contributed by atoms with van der Waals surface area (Å²) in [5.41, 5.74) is 1.75. The SMILES string of the molecule is CCOCc1nc(NC)cc(-c2ccccc2OC)n1. The highest BCUT2D eigenvalue weighted by atomic mass is 16.5. The Kier molecular flexibility index (Phi) is 4.90. The Morgan fingerprint density at radius 3 is 2.70 bits per heavy atom. The largest absolute Gasteiger partial charge is 0.496 e. The van der Waals surface area contributed by atoms with Crippen molar-refractivity contribution in [2.45, 2.75) is 13.5 Å². The summed E-state index contributed by atoms with van der Waals surface area (Å²) >= 11 is 0. The first-order valence-electron chi connectivity index (χ1n) is 6.55. The molecule has 0 saturated heterocycles. The van der Waals surface area contributed by atoms with E-state index in [1.165, 1.54) is 0 Å². The van der Waals surface area contributed by atoms with Gasteiger partial charge in [0.25, 0.3) is 0 Å². The molecule has 0 aliphatic heterocycles. The van der Waals surface area contributed by atoms with E-state index in [9.17, 15) is 0 Å². The van der Waals surface area contributed by atoms with Gasteiger partial charge in [-0.05, 0) is 19.1 Å². The second-order valence-electron chi connectivity index (χ2n) is 4.14. The lowest BCUT2D eigenvalue weighted by atomic mass is 10.1. The lowest BCUT2D eigenvalue weighted by Gasteiger charge is -2.11. The summed E-state index contributed by atoms with van der Waals surface area (Å²) in [6, 6.07) is 9.68. The van der Waals surface area contributed by atoms with Gasteiger partial charge in [0.05, 0.1) is 12.8 Å². The third kappa shape index (κ3) is 3.24. The molecule has 5 nitrogen and oxygen atoms in total. The topological polar surface area (TPSA) is 56.3 Å². The number of aromatic nitrogens is 2. The van der Waals surface area contributed by atoms with E-state index in [4.69, 9.17) is 9.47 Å². The van der Waals surface area contributed by atoms with Crippen LogP contribution in [0.1, 0.15) is 12.7 Å². The van der Waals surface area contributed by atoms with E-state index >= 15 is 0 Å². The molecule has 0 aliphatic carbocycles. The maximum absolute atomic E-state index is 5.38. The van der Waals surface area contributed by atoms with Crippen molar-refractivity contribution in [2.24, 2.45) is 0 Å². The van der Waals surface area contributed by atoms with E-state index in [0.29, 0.717) is 19.0 Å². The molecule has 0 amide bonds. The molecule has 1 aromatic heterocycles. The average Bonchev–Trinajstić information content (AvgIpc) is 2.52. The third-order valence-electron chi connectivity index (χ3n) is 2.85. The zero-order chi connectivity index (χ0) is 14.4. The highest BCUT2D eigenvalue weighted by molar-refractivity contribution is 5.69. The zero-order valence-corrected chi connectivity index (χ0v) is 12.0. The van der Waals surface area contributed by atoms with Crippen molar-refractivity contribution in [3.8, 4) is 17.0 Å². The van der Waals surface area contributed by atoms with Crippen LogP contribution in [0.4, 0.5) is 5.82 Å². The summed E-state index contributed by atoms with van der Waals surface area (Å²) in [5, 5.41) is 3.04. The molecule has 0 spiro atoms. The van der Waals surface area contributed by atoms with Crippen LogP contribution in [-0.2, 0) is 11.3 Å². The van der Waals surface area contributed by atoms with Gasteiger partial charge < -0.3 is 14.8 Å². The molecule has 0 fully saturated rings. The normalized spacial score (nSPS) is 10.3. The van der Waals surface area contributed by atoms with Crippen molar-refractivity contribution in [1.29, 1.82) is 0 Å². The average molecular weight is 273 g/mol. The summed E-state index contributed by atoms with van der Waals surface area (Å²) in [5.74, 6) is 2.20. The number of rotatable bonds is 6. The minimum Gasteiger partial charge on any atom is -0.496 e. The molecular formula is C15H19N3O2. The molecule has 2 rings (SSSR count). The molecule has 5 heteroatoms. The van der Waals surface area contributed by atoms with Crippen LogP contribution >= 0.6 is 0 Å². The number of methoxy groups -OCH3 is 1. The first-order valence-corrected chi connectivity index (χ1v) is 6.55. The standard InChI is InChI=1S/C15H19N3O2/c1-4-20-10-15-17-12(9-14(16-2)18-15)11-7-5-6-8-13(11)19-3/h5-9H,4,10H2,1-3H3,(H,16,17,18). The monoisotopic (exact) mass is 273 g/mol. The van der Waals surface area contributed by atoms with Gasteiger partial charge in [-0.15, -0.1) is 0 Å². The predicted octanol–water partition coefficient (Wildman–Crippen LogP) is 2.73. The second kappa shape index (κ2) is 6.86. The summed E-state index contributed by atoms with van der Waals surface area (Å²) in [6.07, 6.45) is 0. The predicted molar refractivity (Wildman–Crippen MR) is 78.9 cm³/mol. The molecule has 106 valence electrons. The van der Waals surface area contributed by atoms with Gasteiger partial charge in [-0.25, -0.2) is 9.97 Å². The Labute approximate surface area is 119 Å². The fourth-order valence-corrected chi connectivity index (χ4v) is 1.88. The summed E-state index contributed by atoms with van der Waals surface area (Å²) < 4.78 is 10.8. The van der Waals surface area contributed by atoms with Crippen molar-refractivity contribution < 1.29 is 9.47 Å². The summed E-state index contributed by atoms with van der Waals surface area (Å²) in [6.45, 7) is 2.98. The van der Waals surface area contributed by atoms with Crippen LogP contribution in [0.15, 0.2) is 30.3 Å². The Hall–Kier alpha value is -2.14. The molecule has 20 heavy (non-hydrogen) atoms. The van der Waals surface area contributed by atoms with Crippen LogP contribution in [0.2, 0.25) is 0 Å². The molecule has 0 unspecified atom stereocenters. The molecule has 0 aliphatic rings. The number of nitrogens with one attached hydrogen (secondary N) is 1. The highest BCUT2D eigenvalue weighted by Gasteiger charge is 2.10. The Morgan fingerprint density at radius 2 is 2.00 bits per heavy atom. The molecule has 1 N–H and O–H groups in total. The fourth-order valence-electron chi connectivity index (χ4n) is 1.88. The Bertz CT molecular complexity index is 573. The quantitative estimate of drug-likeness (QED) is 0.877. The van der Waals surface area contributed by atoms with E-state index in [0.717, 1.165) is 22.8 Å². The molecule has 0 radical (unpaired) electrons. The van der Waals surface area contributed by atoms with Gasteiger partial charge in [0, 0.05) is 25.3 Å². The van der Waals surface area contributed by atoms with Gasteiger partial charge in [-0.3, -0.25) is 0 Å². The van der Waals surface area contributed by atoms with Crippen molar-refractivity contribution >= 4 is 5.82 Å². The number of ether oxygens (including phenoxy) is 2. The van der Waals surface area contributed by atoms with Gasteiger partial charge in [0.2, 0.25) is 0 Å². The fraction of sp³-hybridized carbons (Fsp3) is 0.333. The van der Waals surface area contributed by atoms with Crippen molar-refractivity contribution in [1.82, 2.24) is 9.97 Å². The van der Waals surface area contributed by atoms with Gasteiger partial charge in [-0.2, -0.15) is 0 Å². The van der Waals surface area contributed by atoms with Crippen molar-refractivity contribution in [3.63, 3.8) is 0 Å². The van der Waals surface area contributed by atoms with E-state index in [1.54, 1.807) is 7.11 Å². The van der Waals surface area contributed by atoms with Crippen LogP contribution < -0.4 is 10.1 Å². The number of benzene rings is 1. The highest BCUT2D eigenvalue weighted by Crippen LogP contribution is 2.29. The van der Waals surface area contributed by atoms with E-state index in [2.05, 4.69) is 15.3 Å². The van der Waals surface area contributed by atoms with E-state index in [1.807, 2.05) is 44.3 Å². The lowest BCUT2D eigenvalue weighted by Crippen LogP contribution is -2.04. The number of hydrogen-bond acceptors (Lipinski definition) is 5. The van der Waals surface area contributed by atoms with Gasteiger partial charge >= 0.3 is 0 Å². The maximum Gasteiger partial charge on any atom is 0.157 e. The molecule has 1 aromatic carbocycles. The van der Waals surface area contributed by atoms with Crippen LogP contribution in [0.25, 0.3) is 11.3 Å². The first-order chi connectivity index (χ1) is 9.78. The second-order valence-corrected chi connectivity index (χ2v) is 4.14. The molecule has 1 heterocycles. The number of nitrogens with zero attached hydrogens (tertiary/aromatic N) is 2. The van der Waals surface area contributed by atoms with Crippen molar-refractivity contribution in [3.05, 3.63) is 36.2 Å². The summed E-state index contributed by atoms with van der Waals surface area (Å²) in [4.78, 5) is 8.92. The summed E-state index contributed by atoms with van der Waals surface area (Å²) in [7, 11) is 3.49. The smallest absolute Gasteiger partial charge is 0.157 e. The van der Waals surface area contributed by atoms with Crippen LogP contribution in [-0.4, -0.2) is 30.7 Å². The van der Waals surface area contributed by atoms with E-state index < -0.39 is 0 Å². The third-order valence-corrected chi connectivity index (χ3v) is 2.85. The zero-order valence-electron chi connectivity index (χ0n) is 12.0. The lowest BCUT2D eigenvalue weighted by molar-refractivity contribution is 0.128. The van der Waals surface area contributed by atoms with Crippen LogP contribution in [0, 0.1) is 0 Å². The number of hydrogen-bond donors (Lipinski definition) is 1. The molecular weight excluding hydrogens is 254 g/mol. The molecule has 0 saturated carbocycles. The maximum atomic E-state index is 5.38. The first kappa shape index (κ1) is 14.3.